The van der Waals surface area contributed by atoms with E-state index in [0.717, 1.165) is 37.1 Å². The van der Waals surface area contributed by atoms with Gasteiger partial charge in [0, 0.05) is 7.05 Å². The zero-order chi connectivity index (χ0) is 15.3. The van der Waals surface area contributed by atoms with Crippen LogP contribution in [-0.4, -0.2) is 43.1 Å². The molecular weight excluding hydrogens is 264 g/mol. The molecule has 1 aliphatic rings. The number of amides is 1. The first-order valence-corrected chi connectivity index (χ1v) is 7.72. The Morgan fingerprint density at radius 3 is 2.81 bits per heavy atom. The lowest BCUT2D eigenvalue weighted by molar-refractivity contribution is -0.137. The highest BCUT2D eigenvalue weighted by Crippen LogP contribution is 2.21. The number of hydrogen-bond acceptors (Lipinski definition) is 3. The number of nitrogens with zero attached hydrogens (tertiary/aromatic N) is 1. The summed E-state index contributed by atoms with van der Waals surface area (Å²) in [4.78, 5) is 14.3. The molecule has 0 aromatic heterocycles. The summed E-state index contributed by atoms with van der Waals surface area (Å²) in [6.45, 7) is 6.08. The van der Waals surface area contributed by atoms with Gasteiger partial charge in [-0.25, -0.2) is 0 Å². The Bertz CT molecular complexity index is 481. The highest BCUT2D eigenvalue weighted by Gasteiger charge is 2.36. The van der Waals surface area contributed by atoms with Gasteiger partial charge < -0.3 is 15.0 Å². The van der Waals surface area contributed by atoms with Crippen LogP contribution in [0.15, 0.2) is 24.3 Å². The number of ether oxygens (including phenoxy) is 1. The van der Waals surface area contributed by atoms with Crippen molar-refractivity contribution in [1.82, 2.24) is 10.2 Å². The summed E-state index contributed by atoms with van der Waals surface area (Å²) < 4.78 is 5.76. The molecule has 1 unspecified atom stereocenters. The number of likely N-dealkylation sites (N-methyl/N-ethyl adjacent to an activating group) is 1. The first-order chi connectivity index (χ1) is 10.0. The van der Waals surface area contributed by atoms with E-state index in [1.54, 1.807) is 4.90 Å². The highest BCUT2D eigenvalue weighted by atomic mass is 16.5. The van der Waals surface area contributed by atoms with E-state index in [1.807, 2.05) is 45.2 Å². The Hall–Kier alpha value is -1.55. The third-order valence-electron chi connectivity index (χ3n) is 4.22. The Balaban J connectivity index is 1.83. The van der Waals surface area contributed by atoms with E-state index in [1.165, 1.54) is 0 Å². The van der Waals surface area contributed by atoms with Crippen LogP contribution in [-0.2, 0) is 4.79 Å². The molecule has 0 spiro atoms. The van der Waals surface area contributed by atoms with Crippen LogP contribution in [0.2, 0.25) is 0 Å². The number of para-hydroxylation sites is 1. The highest BCUT2D eigenvalue weighted by molar-refractivity contribution is 5.85. The summed E-state index contributed by atoms with van der Waals surface area (Å²) in [6.07, 6.45) is 3.18. The monoisotopic (exact) mass is 290 g/mol. The van der Waals surface area contributed by atoms with Crippen LogP contribution in [0.5, 0.6) is 5.75 Å². The third kappa shape index (κ3) is 3.97. The van der Waals surface area contributed by atoms with E-state index >= 15 is 0 Å². The molecule has 1 aromatic carbocycles. The summed E-state index contributed by atoms with van der Waals surface area (Å²) in [7, 11) is 1.85. The Morgan fingerprint density at radius 1 is 1.38 bits per heavy atom. The van der Waals surface area contributed by atoms with Crippen molar-refractivity contribution in [2.75, 3.05) is 26.7 Å². The van der Waals surface area contributed by atoms with Crippen molar-refractivity contribution in [3.8, 4) is 5.75 Å². The van der Waals surface area contributed by atoms with Crippen LogP contribution in [0.25, 0.3) is 0 Å². The third-order valence-corrected chi connectivity index (χ3v) is 4.22. The fourth-order valence-electron chi connectivity index (χ4n) is 2.77. The van der Waals surface area contributed by atoms with Gasteiger partial charge >= 0.3 is 0 Å². The second-order valence-corrected chi connectivity index (χ2v) is 6.06. The molecule has 0 bridgehead atoms. The molecule has 2 rings (SSSR count). The maximum absolute atomic E-state index is 12.5. The van der Waals surface area contributed by atoms with Crippen molar-refractivity contribution in [3.05, 3.63) is 29.8 Å². The molecule has 0 saturated carbocycles. The lowest BCUT2D eigenvalue weighted by Crippen LogP contribution is -2.57. The van der Waals surface area contributed by atoms with Crippen LogP contribution in [0.4, 0.5) is 0 Å². The van der Waals surface area contributed by atoms with E-state index in [2.05, 4.69) is 5.32 Å². The maximum Gasteiger partial charge on any atom is 0.242 e. The molecule has 0 aliphatic carbocycles. The van der Waals surface area contributed by atoms with Crippen LogP contribution in [0.1, 0.15) is 31.7 Å². The van der Waals surface area contributed by atoms with Gasteiger partial charge in [0.15, 0.2) is 0 Å². The molecule has 4 nitrogen and oxygen atoms in total. The fourth-order valence-corrected chi connectivity index (χ4v) is 2.77. The van der Waals surface area contributed by atoms with Crippen LogP contribution in [0.3, 0.4) is 0 Å². The summed E-state index contributed by atoms with van der Waals surface area (Å²) in [5, 5.41) is 3.36. The van der Waals surface area contributed by atoms with Crippen LogP contribution >= 0.6 is 0 Å². The summed E-state index contributed by atoms with van der Waals surface area (Å²) >= 11 is 0. The first kappa shape index (κ1) is 15.8. The average Bonchev–Trinajstić information content (AvgIpc) is 2.49. The second kappa shape index (κ2) is 6.94. The Morgan fingerprint density at radius 2 is 2.14 bits per heavy atom. The average molecular weight is 290 g/mol. The molecule has 1 saturated heterocycles. The molecule has 4 heteroatoms. The van der Waals surface area contributed by atoms with Crippen molar-refractivity contribution in [2.24, 2.45) is 0 Å². The van der Waals surface area contributed by atoms with E-state index in [4.69, 9.17) is 4.74 Å². The Labute approximate surface area is 127 Å². The normalized spacial score (nSPS) is 21.9. The van der Waals surface area contributed by atoms with Gasteiger partial charge in [0.1, 0.15) is 12.4 Å². The largest absolute Gasteiger partial charge is 0.491 e. The summed E-state index contributed by atoms with van der Waals surface area (Å²) in [5.74, 6) is 1.05. The van der Waals surface area contributed by atoms with Gasteiger partial charge in [0.25, 0.3) is 0 Å². The van der Waals surface area contributed by atoms with Gasteiger partial charge in [-0.15, -0.1) is 0 Å². The molecule has 0 radical (unpaired) electrons. The summed E-state index contributed by atoms with van der Waals surface area (Å²) in [6, 6.07) is 7.94. The van der Waals surface area contributed by atoms with E-state index < -0.39 is 5.54 Å². The lowest BCUT2D eigenvalue weighted by atomic mass is 9.89. The predicted octanol–water partition coefficient (Wildman–Crippen LogP) is 2.36. The minimum atomic E-state index is -0.407. The van der Waals surface area contributed by atoms with Crippen LogP contribution < -0.4 is 10.1 Å². The maximum atomic E-state index is 12.5. The smallest absolute Gasteiger partial charge is 0.242 e. The number of hydrogen-bond donors (Lipinski definition) is 1. The molecule has 1 fully saturated rings. The SMILES string of the molecule is Cc1ccccc1OCCN(C)C(=O)C1(C)CCCCN1. The number of nitrogens with one attached hydrogen (secondary N) is 1. The predicted molar refractivity (Wildman–Crippen MR) is 84.6 cm³/mol. The zero-order valence-electron chi connectivity index (χ0n) is 13.3. The van der Waals surface area contributed by atoms with Gasteiger partial charge in [-0.1, -0.05) is 18.2 Å². The van der Waals surface area contributed by atoms with Gasteiger partial charge in [-0.2, -0.15) is 0 Å². The zero-order valence-corrected chi connectivity index (χ0v) is 13.3. The topological polar surface area (TPSA) is 41.6 Å². The lowest BCUT2D eigenvalue weighted by Gasteiger charge is -2.36. The number of aryl methyl sites for hydroxylation is 1. The molecule has 1 atom stereocenters. The number of carbonyl (C=O) groups excluding carboxylic acids is 1. The Kier molecular flexibility index (Phi) is 5.23. The van der Waals surface area contributed by atoms with Crippen molar-refractivity contribution < 1.29 is 9.53 Å². The molecule has 1 heterocycles. The quantitative estimate of drug-likeness (QED) is 0.905. The number of piperidine rings is 1. The van der Waals surface area contributed by atoms with Crippen molar-refractivity contribution in [2.45, 2.75) is 38.6 Å². The molecular formula is C17H26N2O2. The standard InChI is InChI=1S/C17H26N2O2/c1-14-8-4-5-9-15(14)21-13-12-19(3)16(20)17(2)10-6-7-11-18-17/h4-5,8-9,18H,6-7,10-13H2,1-3H3. The van der Waals surface area contributed by atoms with Crippen LogP contribution in [0, 0.1) is 6.92 Å². The van der Waals surface area contributed by atoms with E-state index in [0.29, 0.717) is 13.2 Å². The van der Waals surface area contributed by atoms with E-state index in [-0.39, 0.29) is 5.91 Å². The number of rotatable bonds is 5. The molecule has 21 heavy (non-hydrogen) atoms. The molecule has 1 aliphatic heterocycles. The van der Waals surface area contributed by atoms with Gasteiger partial charge in [0.2, 0.25) is 5.91 Å². The summed E-state index contributed by atoms with van der Waals surface area (Å²) in [5.41, 5.74) is 0.711. The van der Waals surface area contributed by atoms with Gasteiger partial charge in [-0.3, -0.25) is 4.79 Å². The molecule has 116 valence electrons. The fraction of sp³-hybridized carbons (Fsp3) is 0.588. The van der Waals surface area contributed by atoms with Crippen molar-refractivity contribution in [1.29, 1.82) is 0 Å². The van der Waals surface area contributed by atoms with E-state index in [9.17, 15) is 4.79 Å². The minimum absolute atomic E-state index is 0.163. The molecule has 1 N–H and O–H groups in total. The second-order valence-electron chi connectivity index (χ2n) is 6.06. The van der Waals surface area contributed by atoms with Gasteiger partial charge in [0.05, 0.1) is 12.1 Å². The van der Waals surface area contributed by atoms with Gasteiger partial charge in [-0.05, 0) is 51.3 Å². The molecule has 1 aromatic rings. The van der Waals surface area contributed by atoms with Crippen molar-refractivity contribution in [3.63, 3.8) is 0 Å². The number of carbonyl (C=O) groups is 1. The first-order valence-electron chi connectivity index (χ1n) is 7.72. The number of benzene rings is 1. The van der Waals surface area contributed by atoms with Crippen molar-refractivity contribution >= 4 is 5.91 Å². The minimum Gasteiger partial charge on any atom is -0.491 e. The molecule has 1 amide bonds.